The largest absolute Gasteiger partial charge is 0.336 e. The van der Waals surface area contributed by atoms with Crippen LogP contribution in [0, 0.1) is 0 Å². The van der Waals surface area contributed by atoms with Crippen LogP contribution in [0.2, 0.25) is 0 Å². The molecule has 1 heterocycles. The Hall–Kier alpha value is -2.66. The molecule has 0 unspecified atom stereocenters. The number of hydrogen-bond acceptors (Lipinski definition) is 3. The van der Waals surface area contributed by atoms with E-state index in [1.165, 1.54) is 5.56 Å². The van der Waals surface area contributed by atoms with Crippen molar-refractivity contribution < 1.29 is 9.59 Å². The summed E-state index contributed by atoms with van der Waals surface area (Å²) in [7, 11) is 0. The van der Waals surface area contributed by atoms with Gasteiger partial charge in [0, 0.05) is 37.4 Å². The molecule has 0 atom stereocenters. The summed E-state index contributed by atoms with van der Waals surface area (Å²) < 4.78 is 0. The van der Waals surface area contributed by atoms with Crippen molar-refractivity contribution in [3.8, 4) is 0 Å². The Morgan fingerprint density at radius 1 is 0.893 bits per heavy atom. The fraction of sp³-hybridized carbons (Fsp3) is 0.391. The zero-order valence-electron chi connectivity index (χ0n) is 16.9. The molecule has 1 N–H and O–H groups in total. The van der Waals surface area contributed by atoms with Crippen LogP contribution >= 0.6 is 0 Å². The first-order chi connectivity index (χ1) is 13.3. The maximum atomic E-state index is 12.8. The van der Waals surface area contributed by atoms with Crippen LogP contribution in [0.4, 0.5) is 5.69 Å². The Morgan fingerprint density at radius 3 is 2.07 bits per heavy atom. The van der Waals surface area contributed by atoms with Gasteiger partial charge in [0.2, 0.25) is 5.91 Å². The molecule has 1 aliphatic heterocycles. The molecule has 0 aromatic heterocycles. The highest BCUT2D eigenvalue weighted by Crippen LogP contribution is 2.22. The molecule has 0 bridgehead atoms. The van der Waals surface area contributed by atoms with Crippen molar-refractivity contribution in [3.05, 3.63) is 65.7 Å². The summed E-state index contributed by atoms with van der Waals surface area (Å²) in [6.45, 7) is 9.52. The standard InChI is InChI=1S/C23H29N3O2/c1-23(2,3)19-11-9-18(10-12-19)22(28)26-15-13-25(14-16-26)17-21(27)24-20-7-5-4-6-8-20/h4-12H,13-17H2,1-3H3,(H,24,27). The molecule has 0 saturated carbocycles. The van der Waals surface area contributed by atoms with Crippen LogP contribution in [0.15, 0.2) is 54.6 Å². The topological polar surface area (TPSA) is 52.7 Å². The molecule has 1 fully saturated rings. The second-order valence-electron chi connectivity index (χ2n) is 8.31. The lowest BCUT2D eigenvalue weighted by molar-refractivity contribution is -0.117. The first kappa shape index (κ1) is 20.1. The van der Waals surface area contributed by atoms with E-state index in [0.29, 0.717) is 32.7 Å². The summed E-state index contributed by atoms with van der Waals surface area (Å²) in [5, 5.41) is 2.91. The number of benzene rings is 2. The molecule has 2 amide bonds. The van der Waals surface area contributed by atoms with Crippen LogP contribution < -0.4 is 5.32 Å². The number of amides is 2. The lowest BCUT2D eigenvalue weighted by atomic mass is 9.86. The second-order valence-corrected chi connectivity index (χ2v) is 8.31. The quantitative estimate of drug-likeness (QED) is 0.886. The first-order valence-corrected chi connectivity index (χ1v) is 9.80. The van der Waals surface area contributed by atoms with E-state index < -0.39 is 0 Å². The molecule has 5 nitrogen and oxygen atoms in total. The number of carbonyl (C=O) groups excluding carboxylic acids is 2. The van der Waals surface area contributed by atoms with Crippen molar-refractivity contribution in [2.75, 3.05) is 38.0 Å². The number of rotatable bonds is 4. The van der Waals surface area contributed by atoms with Gasteiger partial charge in [0.05, 0.1) is 6.54 Å². The van der Waals surface area contributed by atoms with Crippen LogP contribution in [0.25, 0.3) is 0 Å². The molecule has 1 aliphatic rings. The average molecular weight is 380 g/mol. The maximum Gasteiger partial charge on any atom is 0.253 e. The van der Waals surface area contributed by atoms with E-state index in [2.05, 4.69) is 31.0 Å². The Labute approximate surface area is 167 Å². The van der Waals surface area contributed by atoms with Crippen LogP contribution in [-0.4, -0.2) is 54.3 Å². The van der Waals surface area contributed by atoms with Crippen molar-refractivity contribution in [2.45, 2.75) is 26.2 Å². The molecule has 1 saturated heterocycles. The van der Waals surface area contributed by atoms with Gasteiger partial charge in [0.15, 0.2) is 0 Å². The summed E-state index contributed by atoms with van der Waals surface area (Å²) in [6.07, 6.45) is 0. The molecule has 5 heteroatoms. The fourth-order valence-electron chi connectivity index (χ4n) is 3.33. The van der Waals surface area contributed by atoms with E-state index in [1.807, 2.05) is 59.5 Å². The van der Waals surface area contributed by atoms with Crippen molar-refractivity contribution >= 4 is 17.5 Å². The second kappa shape index (κ2) is 8.57. The van der Waals surface area contributed by atoms with Gasteiger partial charge >= 0.3 is 0 Å². The van der Waals surface area contributed by atoms with Crippen molar-refractivity contribution in [3.63, 3.8) is 0 Å². The molecule has 2 aromatic carbocycles. The van der Waals surface area contributed by atoms with Gasteiger partial charge in [0.1, 0.15) is 0 Å². The molecule has 0 aliphatic carbocycles. The van der Waals surface area contributed by atoms with E-state index >= 15 is 0 Å². The fourth-order valence-corrected chi connectivity index (χ4v) is 3.33. The third-order valence-electron chi connectivity index (χ3n) is 5.08. The Morgan fingerprint density at radius 2 is 1.50 bits per heavy atom. The van der Waals surface area contributed by atoms with E-state index in [0.717, 1.165) is 11.3 Å². The minimum absolute atomic E-state index is 0.0243. The van der Waals surface area contributed by atoms with Crippen LogP contribution in [0.5, 0.6) is 0 Å². The van der Waals surface area contributed by atoms with Gasteiger partial charge in [-0.2, -0.15) is 0 Å². The lowest BCUT2D eigenvalue weighted by Gasteiger charge is -2.34. The van der Waals surface area contributed by atoms with Crippen LogP contribution in [0.3, 0.4) is 0 Å². The highest BCUT2D eigenvalue weighted by atomic mass is 16.2. The monoisotopic (exact) mass is 379 g/mol. The normalized spacial score (nSPS) is 15.3. The van der Waals surface area contributed by atoms with E-state index in [4.69, 9.17) is 0 Å². The number of carbonyl (C=O) groups is 2. The highest BCUT2D eigenvalue weighted by Gasteiger charge is 2.23. The molecule has 0 spiro atoms. The highest BCUT2D eigenvalue weighted by molar-refractivity contribution is 5.94. The van der Waals surface area contributed by atoms with Gasteiger partial charge in [-0.1, -0.05) is 51.1 Å². The third-order valence-corrected chi connectivity index (χ3v) is 5.08. The Kier molecular flexibility index (Phi) is 6.15. The Balaban J connectivity index is 1.49. The summed E-state index contributed by atoms with van der Waals surface area (Å²) in [4.78, 5) is 28.9. The first-order valence-electron chi connectivity index (χ1n) is 9.80. The van der Waals surface area contributed by atoms with E-state index in [-0.39, 0.29) is 17.2 Å². The van der Waals surface area contributed by atoms with Gasteiger partial charge in [-0.3, -0.25) is 14.5 Å². The zero-order chi connectivity index (χ0) is 20.1. The molecule has 3 rings (SSSR count). The van der Waals surface area contributed by atoms with Crippen molar-refractivity contribution in [2.24, 2.45) is 0 Å². The third kappa shape index (κ3) is 5.20. The van der Waals surface area contributed by atoms with Crippen molar-refractivity contribution in [1.29, 1.82) is 0 Å². The molecule has 0 radical (unpaired) electrons. The lowest BCUT2D eigenvalue weighted by Crippen LogP contribution is -2.50. The van der Waals surface area contributed by atoms with E-state index in [1.54, 1.807) is 0 Å². The summed E-state index contributed by atoms with van der Waals surface area (Å²) in [5.41, 5.74) is 2.83. The minimum Gasteiger partial charge on any atom is -0.336 e. The zero-order valence-corrected chi connectivity index (χ0v) is 16.9. The van der Waals surface area contributed by atoms with Crippen molar-refractivity contribution in [1.82, 2.24) is 9.80 Å². The van der Waals surface area contributed by atoms with E-state index in [9.17, 15) is 9.59 Å². The van der Waals surface area contributed by atoms with Gasteiger partial charge in [-0.15, -0.1) is 0 Å². The summed E-state index contributed by atoms with van der Waals surface area (Å²) in [6, 6.07) is 17.4. The summed E-state index contributed by atoms with van der Waals surface area (Å²) in [5.74, 6) is 0.0394. The molecule has 148 valence electrons. The number of piperazine rings is 1. The van der Waals surface area contributed by atoms with Gasteiger partial charge < -0.3 is 10.2 Å². The number of nitrogens with zero attached hydrogens (tertiary/aromatic N) is 2. The number of hydrogen-bond donors (Lipinski definition) is 1. The van der Waals surface area contributed by atoms with Crippen LogP contribution in [-0.2, 0) is 10.2 Å². The maximum absolute atomic E-state index is 12.8. The van der Waals surface area contributed by atoms with Gasteiger partial charge in [-0.05, 0) is 35.2 Å². The SMILES string of the molecule is CC(C)(C)c1ccc(C(=O)N2CCN(CC(=O)Nc3ccccc3)CC2)cc1. The van der Waals surface area contributed by atoms with Crippen LogP contribution in [0.1, 0.15) is 36.7 Å². The molecular weight excluding hydrogens is 350 g/mol. The van der Waals surface area contributed by atoms with Gasteiger partial charge in [-0.25, -0.2) is 0 Å². The van der Waals surface area contributed by atoms with Gasteiger partial charge in [0.25, 0.3) is 5.91 Å². The predicted molar refractivity (Wildman–Crippen MR) is 113 cm³/mol. The Bertz CT molecular complexity index is 802. The summed E-state index contributed by atoms with van der Waals surface area (Å²) >= 11 is 0. The molecule has 28 heavy (non-hydrogen) atoms. The number of anilines is 1. The molecule has 2 aromatic rings. The molecular formula is C23H29N3O2. The minimum atomic E-state index is -0.0243. The number of nitrogens with one attached hydrogen (secondary N) is 1. The smallest absolute Gasteiger partial charge is 0.253 e. The predicted octanol–water partition coefficient (Wildman–Crippen LogP) is 3.38. The average Bonchev–Trinajstić information content (AvgIpc) is 2.68. The number of para-hydroxylation sites is 1.